The second kappa shape index (κ2) is 7.26. The van der Waals surface area contributed by atoms with Crippen molar-refractivity contribution in [2.75, 3.05) is 6.61 Å². The SMILES string of the molecule is CC(C)[Si](OC1=CCO[C@@H](c2ccco2)[C@@H]1C)(C(C)C)C(C)C. The van der Waals surface area contributed by atoms with E-state index >= 15 is 0 Å². The third kappa shape index (κ3) is 3.43. The molecule has 0 aromatic carbocycles. The Morgan fingerprint density at radius 3 is 2.17 bits per heavy atom. The highest BCUT2D eigenvalue weighted by molar-refractivity contribution is 6.77. The Bertz CT molecular complexity index is 495. The molecule has 0 radical (unpaired) electrons. The summed E-state index contributed by atoms with van der Waals surface area (Å²) in [5.74, 6) is 2.16. The molecule has 0 bridgehead atoms. The molecule has 0 unspecified atom stereocenters. The maximum Gasteiger partial charge on any atom is 0.258 e. The summed E-state index contributed by atoms with van der Waals surface area (Å²) >= 11 is 0. The van der Waals surface area contributed by atoms with Gasteiger partial charge in [0.05, 0.1) is 18.6 Å². The largest absolute Gasteiger partial charge is 0.546 e. The van der Waals surface area contributed by atoms with Crippen LogP contribution in [0.3, 0.4) is 0 Å². The van der Waals surface area contributed by atoms with Crippen molar-refractivity contribution >= 4 is 8.32 Å². The van der Waals surface area contributed by atoms with Crippen LogP contribution in [0, 0.1) is 5.92 Å². The van der Waals surface area contributed by atoms with Gasteiger partial charge in [-0.1, -0.05) is 48.5 Å². The van der Waals surface area contributed by atoms with Crippen molar-refractivity contribution in [2.24, 2.45) is 5.92 Å². The van der Waals surface area contributed by atoms with E-state index in [1.54, 1.807) is 6.26 Å². The fraction of sp³-hybridized carbons (Fsp3) is 0.684. The van der Waals surface area contributed by atoms with E-state index in [0.717, 1.165) is 11.5 Å². The molecule has 2 atom stereocenters. The minimum Gasteiger partial charge on any atom is -0.546 e. The summed E-state index contributed by atoms with van der Waals surface area (Å²) in [5, 5.41) is 0. The Labute approximate surface area is 142 Å². The Hall–Kier alpha value is -1.00. The number of hydrogen-bond acceptors (Lipinski definition) is 3. The zero-order valence-corrected chi connectivity index (χ0v) is 16.6. The highest BCUT2D eigenvalue weighted by Crippen LogP contribution is 2.46. The van der Waals surface area contributed by atoms with Crippen LogP contribution in [0.25, 0.3) is 0 Å². The van der Waals surface area contributed by atoms with Gasteiger partial charge < -0.3 is 13.6 Å². The summed E-state index contributed by atoms with van der Waals surface area (Å²) in [6, 6.07) is 3.90. The topological polar surface area (TPSA) is 31.6 Å². The Balaban J connectivity index is 2.28. The molecular weight excluding hydrogens is 304 g/mol. The van der Waals surface area contributed by atoms with Gasteiger partial charge in [-0.05, 0) is 34.8 Å². The molecule has 0 aliphatic carbocycles. The molecule has 1 aliphatic rings. The average Bonchev–Trinajstić information content (AvgIpc) is 2.99. The highest BCUT2D eigenvalue weighted by atomic mass is 28.4. The maximum atomic E-state index is 6.88. The lowest BCUT2D eigenvalue weighted by Crippen LogP contribution is -2.48. The van der Waals surface area contributed by atoms with Crippen molar-refractivity contribution < 1.29 is 13.6 Å². The van der Waals surface area contributed by atoms with Crippen LogP contribution >= 0.6 is 0 Å². The first-order valence-electron chi connectivity index (χ1n) is 8.84. The van der Waals surface area contributed by atoms with Gasteiger partial charge in [-0.25, -0.2) is 0 Å². The molecule has 0 N–H and O–H groups in total. The minimum atomic E-state index is -1.93. The van der Waals surface area contributed by atoms with Gasteiger partial charge in [0.2, 0.25) is 0 Å². The van der Waals surface area contributed by atoms with Crippen LogP contribution in [0.15, 0.2) is 34.6 Å². The van der Waals surface area contributed by atoms with Crippen molar-refractivity contribution in [1.29, 1.82) is 0 Å². The zero-order chi connectivity index (χ0) is 17.2. The summed E-state index contributed by atoms with van der Waals surface area (Å²) in [7, 11) is -1.93. The van der Waals surface area contributed by atoms with Crippen LogP contribution in [0.5, 0.6) is 0 Å². The quantitative estimate of drug-likeness (QED) is 0.591. The molecule has 1 aliphatic heterocycles. The van der Waals surface area contributed by atoms with E-state index in [2.05, 4.69) is 54.5 Å². The van der Waals surface area contributed by atoms with Gasteiger partial charge in [-0.3, -0.25) is 0 Å². The molecule has 0 spiro atoms. The van der Waals surface area contributed by atoms with Crippen molar-refractivity contribution in [3.8, 4) is 0 Å². The first-order chi connectivity index (χ1) is 10.8. The van der Waals surface area contributed by atoms with Gasteiger partial charge in [-0.2, -0.15) is 0 Å². The molecule has 130 valence electrons. The molecule has 1 aromatic rings. The fourth-order valence-electron chi connectivity index (χ4n) is 4.19. The van der Waals surface area contributed by atoms with Gasteiger partial charge in [0.1, 0.15) is 11.9 Å². The van der Waals surface area contributed by atoms with Crippen LogP contribution in [-0.2, 0) is 9.16 Å². The number of furan rings is 1. The smallest absolute Gasteiger partial charge is 0.258 e. The van der Waals surface area contributed by atoms with E-state index in [9.17, 15) is 0 Å². The summed E-state index contributed by atoms with van der Waals surface area (Å²) in [6.45, 7) is 16.7. The van der Waals surface area contributed by atoms with Gasteiger partial charge >= 0.3 is 0 Å². The lowest BCUT2D eigenvalue weighted by molar-refractivity contribution is 0.00167. The molecule has 1 aromatic heterocycles. The Morgan fingerprint density at radius 1 is 1.09 bits per heavy atom. The molecule has 0 saturated heterocycles. The van der Waals surface area contributed by atoms with Crippen molar-refractivity contribution in [1.82, 2.24) is 0 Å². The minimum absolute atomic E-state index is 0.0526. The number of rotatable bonds is 6. The lowest BCUT2D eigenvalue weighted by atomic mass is 9.98. The van der Waals surface area contributed by atoms with Crippen LogP contribution in [0.2, 0.25) is 16.6 Å². The van der Waals surface area contributed by atoms with Crippen LogP contribution in [0.1, 0.15) is 60.3 Å². The molecule has 2 rings (SSSR count). The summed E-state index contributed by atoms with van der Waals surface area (Å²) in [4.78, 5) is 0. The fourth-order valence-corrected chi connectivity index (χ4v) is 9.57. The standard InChI is InChI=1S/C19H32O3Si/c1-13(2)23(14(3)4,15(5)6)22-17-10-12-21-19(16(17)7)18-9-8-11-20-18/h8-11,13-16,19H,12H2,1-7H3/t16-,19-/m1/s1. The van der Waals surface area contributed by atoms with E-state index in [1.165, 1.54) is 0 Å². The molecule has 2 heterocycles. The van der Waals surface area contributed by atoms with E-state index in [4.69, 9.17) is 13.6 Å². The monoisotopic (exact) mass is 336 g/mol. The number of ether oxygens (including phenoxy) is 1. The van der Waals surface area contributed by atoms with E-state index in [-0.39, 0.29) is 12.0 Å². The molecular formula is C19H32O3Si. The molecule has 0 saturated carbocycles. The summed E-state index contributed by atoms with van der Waals surface area (Å²) in [6.07, 6.45) is 3.78. The van der Waals surface area contributed by atoms with Gasteiger partial charge in [-0.15, -0.1) is 0 Å². The van der Waals surface area contributed by atoms with Gasteiger partial charge in [0, 0.05) is 5.92 Å². The Morgan fingerprint density at radius 2 is 1.70 bits per heavy atom. The van der Waals surface area contributed by atoms with Crippen LogP contribution in [0.4, 0.5) is 0 Å². The third-order valence-electron chi connectivity index (χ3n) is 5.29. The third-order valence-corrected chi connectivity index (χ3v) is 11.3. The Kier molecular flexibility index (Phi) is 5.79. The predicted molar refractivity (Wildman–Crippen MR) is 96.8 cm³/mol. The first kappa shape index (κ1) is 18.3. The van der Waals surface area contributed by atoms with Crippen molar-refractivity contribution in [3.05, 3.63) is 36.0 Å². The summed E-state index contributed by atoms with van der Waals surface area (Å²) < 4.78 is 18.4. The molecule has 4 heteroatoms. The summed E-state index contributed by atoms with van der Waals surface area (Å²) in [5.41, 5.74) is 1.71. The van der Waals surface area contributed by atoms with E-state index < -0.39 is 8.32 Å². The zero-order valence-electron chi connectivity index (χ0n) is 15.6. The average molecular weight is 337 g/mol. The lowest BCUT2D eigenvalue weighted by Gasteiger charge is -2.45. The molecule has 3 nitrogen and oxygen atoms in total. The molecule has 0 amide bonds. The highest BCUT2D eigenvalue weighted by Gasteiger charge is 2.48. The first-order valence-corrected chi connectivity index (χ1v) is 11.0. The molecule has 0 fully saturated rings. The van der Waals surface area contributed by atoms with Gasteiger partial charge in [0.25, 0.3) is 8.32 Å². The predicted octanol–water partition coefficient (Wildman–Crippen LogP) is 6.06. The van der Waals surface area contributed by atoms with E-state index in [0.29, 0.717) is 23.2 Å². The second-order valence-corrected chi connectivity index (χ2v) is 13.0. The number of hydrogen-bond donors (Lipinski definition) is 0. The van der Waals surface area contributed by atoms with E-state index in [1.807, 2.05) is 12.1 Å². The normalized spacial score (nSPS) is 22.8. The maximum absolute atomic E-state index is 6.88. The van der Waals surface area contributed by atoms with Gasteiger partial charge in [0.15, 0.2) is 0 Å². The van der Waals surface area contributed by atoms with Crippen molar-refractivity contribution in [3.63, 3.8) is 0 Å². The molecule has 23 heavy (non-hydrogen) atoms. The van der Waals surface area contributed by atoms with Crippen LogP contribution in [-0.4, -0.2) is 14.9 Å². The van der Waals surface area contributed by atoms with Crippen LogP contribution < -0.4 is 0 Å². The second-order valence-electron chi connectivity index (χ2n) is 7.58. The van der Waals surface area contributed by atoms with Crippen molar-refractivity contribution in [2.45, 2.75) is 71.2 Å².